The second-order valence-electron chi connectivity index (χ2n) is 4.68. The standard InChI is InChI=1S/C15H26N2O2/c1-5-12-15(14(18)7-3)13(6-2)17(16-12)10-8-9-11-19-4/h5-11H2,1-4H3. The fourth-order valence-electron chi connectivity index (χ4n) is 2.35. The van der Waals surface area contributed by atoms with Gasteiger partial charge in [-0.2, -0.15) is 5.10 Å². The minimum absolute atomic E-state index is 0.219. The van der Waals surface area contributed by atoms with Crippen LogP contribution in [0, 0.1) is 0 Å². The Balaban J connectivity index is 2.92. The number of Topliss-reactive ketones (excluding diaryl/α,β-unsaturated/α-hetero) is 1. The summed E-state index contributed by atoms with van der Waals surface area (Å²) >= 11 is 0. The highest BCUT2D eigenvalue weighted by Gasteiger charge is 2.19. The van der Waals surface area contributed by atoms with Gasteiger partial charge in [0.15, 0.2) is 5.78 Å². The van der Waals surface area contributed by atoms with Crippen LogP contribution in [0.4, 0.5) is 0 Å². The Morgan fingerprint density at radius 1 is 1.21 bits per heavy atom. The first-order valence-corrected chi connectivity index (χ1v) is 7.30. The molecule has 4 heteroatoms. The monoisotopic (exact) mass is 266 g/mol. The number of aromatic nitrogens is 2. The number of aryl methyl sites for hydroxylation is 2. The van der Waals surface area contributed by atoms with E-state index in [0.29, 0.717) is 6.42 Å². The zero-order chi connectivity index (χ0) is 14.3. The van der Waals surface area contributed by atoms with Gasteiger partial charge in [-0.1, -0.05) is 20.8 Å². The minimum atomic E-state index is 0.219. The van der Waals surface area contributed by atoms with Crippen molar-refractivity contribution >= 4 is 5.78 Å². The molecule has 1 rings (SSSR count). The third kappa shape index (κ3) is 3.90. The largest absolute Gasteiger partial charge is 0.385 e. The van der Waals surface area contributed by atoms with Crippen molar-refractivity contribution in [1.82, 2.24) is 9.78 Å². The predicted molar refractivity (Wildman–Crippen MR) is 76.7 cm³/mol. The number of ether oxygens (including phenoxy) is 1. The molecular weight excluding hydrogens is 240 g/mol. The van der Waals surface area contributed by atoms with E-state index >= 15 is 0 Å². The van der Waals surface area contributed by atoms with Crippen molar-refractivity contribution in [2.75, 3.05) is 13.7 Å². The van der Waals surface area contributed by atoms with Crippen LogP contribution < -0.4 is 0 Å². The smallest absolute Gasteiger partial charge is 0.166 e. The Morgan fingerprint density at radius 3 is 2.47 bits per heavy atom. The van der Waals surface area contributed by atoms with Gasteiger partial charge in [-0.15, -0.1) is 0 Å². The maximum absolute atomic E-state index is 12.1. The van der Waals surface area contributed by atoms with Crippen molar-refractivity contribution in [3.05, 3.63) is 17.0 Å². The molecule has 108 valence electrons. The topological polar surface area (TPSA) is 44.1 Å². The second kappa shape index (κ2) is 8.10. The quantitative estimate of drug-likeness (QED) is 0.510. The molecule has 4 nitrogen and oxygen atoms in total. The molecule has 0 aromatic carbocycles. The number of ketones is 1. The maximum Gasteiger partial charge on any atom is 0.166 e. The Labute approximate surface area is 116 Å². The number of hydrogen-bond acceptors (Lipinski definition) is 3. The van der Waals surface area contributed by atoms with Crippen molar-refractivity contribution in [2.45, 2.75) is 59.4 Å². The Hall–Kier alpha value is -1.16. The maximum atomic E-state index is 12.1. The molecule has 0 saturated heterocycles. The Bertz CT molecular complexity index is 411. The van der Waals surface area contributed by atoms with Gasteiger partial charge in [-0.3, -0.25) is 9.48 Å². The van der Waals surface area contributed by atoms with Crippen LogP contribution in [0.2, 0.25) is 0 Å². The Kier molecular flexibility index (Phi) is 6.78. The molecule has 0 saturated carbocycles. The summed E-state index contributed by atoms with van der Waals surface area (Å²) in [7, 11) is 1.72. The van der Waals surface area contributed by atoms with Gasteiger partial charge in [0, 0.05) is 32.4 Å². The summed E-state index contributed by atoms with van der Waals surface area (Å²) in [5, 5.41) is 4.62. The highest BCUT2D eigenvalue weighted by Crippen LogP contribution is 2.19. The normalized spacial score (nSPS) is 10.9. The first-order chi connectivity index (χ1) is 9.19. The summed E-state index contributed by atoms with van der Waals surface area (Å²) < 4.78 is 7.08. The van der Waals surface area contributed by atoms with E-state index in [1.807, 2.05) is 11.6 Å². The predicted octanol–water partition coefficient (Wildman–Crippen LogP) is 3.03. The van der Waals surface area contributed by atoms with Crippen LogP contribution in [-0.4, -0.2) is 29.3 Å². The molecular formula is C15H26N2O2. The van der Waals surface area contributed by atoms with Gasteiger partial charge in [0.05, 0.1) is 11.3 Å². The van der Waals surface area contributed by atoms with Gasteiger partial charge < -0.3 is 4.74 Å². The van der Waals surface area contributed by atoms with E-state index in [0.717, 1.165) is 55.8 Å². The van der Waals surface area contributed by atoms with Gasteiger partial charge in [-0.25, -0.2) is 0 Å². The van der Waals surface area contributed by atoms with E-state index in [1.165, 1.54) is 0 Å². The third-order valence-electron chi connectivity index (χ3n) is 3.37. The first kappa shape index (κ1) is 15.9. The summed E-state index contributed by atoms with van der Waals surface area (Å²) in [6.07, 6.45) is 4.29. The van der Waals surface area contributed by atoms with Crippen molar-refractivity contribution in [3.63, 3.8) is 0 Å². The molecule has 0 bridgehead atoms. The van der Waals surface area contributed by atoms with Crippen LogP contribution in [0.3, 0.4) is 0 Å². The SMILES string of the molecule is CCC(=O)c1c(CC)nn(CCCCOC)c1CC. The zero-order valence-corrected chi connectivity index (χ0v) is 12.7. The molecule has 0 spiro atoms. The third-order valence-corrected chi connectivity index (χ3v) is 3.37. The van der Waals surface area contributed by atoms with E-state index in [-0.39, 0.29) is 5.78 Å². The lowest BCUT2D eigenvalue weighted by Crippen LogP contribution is -2.08. The van der Waals surface area contributed by atoms with E-state index in [9.17, 15) is 4.79 Å². The molecule has 1 heterocycles. The van der Waals surface area contributed by atoms with Gasteiger partial charge in [0.1, 0.15) is 0 Å². The van der Waals surface area contributed by atoms with Crippen LogP contribution >= 0.6 is 0 Å². The van der Waals surface area contributed by atoms with Crippen molar-refractivity contribution in [3.8, 4) is 0 Å². The van der Waals surface area contributed by atoms with E-state index < -0.39 is 0 Å². The fraction of sp³-hybridized carbons (Fsp3) is 0.733. The van der Waals surface area contributed by atoms with Gasteiger partial charge in [0.25, 0.3) is 0 Å². The van der Waals surface area contributed by atoms with Gasteiger partial charge in [-0.05, 0) is 25.7 Å². The molecule has 0 fully saturated rings. The van der Waals surface area contributed by atoms with Gasteiger partial charge in [0.2, 0.25) is 0 Å². The number of unbranched alkanes of at least 4 members (excludes halogenated alkanes) is 1. The number of nitrogens with zero attached hydrogens (tertiary/aromatic N) is 2. The Morgan fingerprint density at radius 2 is 1.95 bits per heavy atom. The van der Waals surface area contributed by atoms with E-state index in [1.54, 1.807) is 7.11 Å². The van der Waals surface area contributed by atoms with Crippen LogP contribution in [0.5, 0.6) is 0 Å². The molecule has 0 unspecified atom stereocenters. The lowest BCUT2D eigenvalue weighted by Gasteiger charge is -2.07. The summed E-state index contributed by atoms with van der Waals surface area (Å²) in [6.45, 7) is 7.72. The van der Waals surface area contributed by atoms with Crippen LogP contribution in [-0.2, 0) is 24.1 Å². The van der Waals surface area contributed by atoms with Crippen molar-refractivity contribution < 1.29 is 9.53 Å². The fourth-order valence-corrected chi connectivity index (χ4v) is 2.35. The van der Waals surface area contributed by atoms with Crippen LogP contribution in [0.1, 0.15) is 61.8 Å². The molecule has 0 atom stereocenters. The van der Waals surface area contributed by atoms with E-state index in [4.69, 9.17) is 4.74 Å². The lowest BCUT2D eigenvalue weighted by atomic mass is 10.0. The molecule has 0 aliphatic carbocycles. The van der Waals surface area contributed by atoms with Crippen molar-refractivity contribution in [1.29, 1.82) is 0 Å². The zero-order valence-electron chi connectivity index (χ0n) is 12.7. The molecule has 1 aromatic heterocycles. The molecule has 0 aliphatic rings. The highest BCUT2D eigenvalue weighted by atomic mass is 16.5. The molecule has 0 aliphatic heterocycles. The molecule has 19 heavy (non-hydrogen) atoms. The summed E-state index contributed by atoms with van der Waals surface area (Å²) in [5.41, 5.74) is 2.93. The number of hydrogen-bond donors (Lipinski definition) is 0. The number of rotatable bonds is 9. The molecule has 1 aromatic rings. The number of methoxy groups -OCH3 is 1. The van der Waals surface area contributed by atoms with Crippen LogP contribution in [0.25, 0.3) is 0 Å². The molecule has 0 amide bonds. The lowest BCUT2D eigenvalue weighted by molar-refractivity contribution is 0.0986. The number of carbonyl (C=O) groups is 1. The van der Waals surface area contributed by atoms with Crippen molar-refractivity contribution in [2.24, 2.45) is 0 Å². The minimum Gasteiger partial charge on any atom is -0.385 e. The summed E-state index contributed by atoms with van der Waals surface area (Å²) in [5.74, 6) is 0.219. The second-order valence-corrected chi connectivity index (χ2v) is 4.68. The number of carbonyl (C=O) groups excluding carboxylic acids is 1. The summed E-state index contributed by atoms with van der Waals surface area (Å²) in [4.78, 5) is 12.1. The molecule has 0 radical (unpaired) electrons. The van der Waals surface area contributed by atoms with Gasteiger partial charge >= 0.3 is 0 Å². The average Bonchev–Trinajstić information content (AvgIpc) is 2.80. The first-order valence-electron chi connectivity index (χ1n) is 7.30. The highest BCUT2D eigenvalue weighted by molar-refractivity contribution is 5.98. The van der Waals surface area contributed by atoms with Crippen LogP contribution in [0.15, 0.2) is 0 Å². The average molecular weight is 266 g/mol. The summed E-state index contributed by atoms with van der Waals surface area (Å²) in [6, 6.07) is 0. The molecule has 0 N–H and O–H groups in total. The van der Waals surface area contributed by atoms with E-state index in [2.05, 4.69) is 18.9 Å².